The third kappa shape index (κ3) is 5.08. The molecular formula is C10H15KO3S. The van der Waals surface area contributed by atoms with Gasteiger partial charge in [0.25, 0.3) is 10.1 Å². The second-order valence-corrected chi connectivity index (χ2v) is 4.58. The van der Waals surface area contributed by atoms with Crippen LogP contribution in [0.1, 0.15) is 26.8 Å². The van der Waals surface area contributed by atoms with Gasteiger partial charge in [0.1, 0.15) is 0 Å². The van der Waals surface area contributed by atoms with Crippen molar-refractivity contribution in [3.8, 4) is 0 Å². The van der Waals surface area contributed by atoms with E-state index in [1.54, 1.807) is 18.2 Å². The van der Waals surface area contributed by atoms with Gasteiger partial charge >= 0.3 is 51.4 Å². The Balaban J connectivity index is 0. The van der Waals surface area contributed by atoms with E-state index in [0.29, 0.717) is 12.0 Å². The van der Waals surface area contributed by atoms with E-state index in [1.807, 2.05) is 6.92 Å². The first kappa shape index (κ1) is 15.8. The summed E-state index contributed by atoms with van der Waals surface area (Å²) in [4.78, 5) is 0.0356. The van der Waals surface area contributed by atoms with Crippen molar-refractivity contribution in [2.24, 2.45) is 0 Å². The summed E-state index contributed by atoms with van der Waals surface area (Å²) in [6, 6.07) is 6.55. The van der Waals surface area contributed by atoms with Gasteiger partial charge in [-0.3, -0.25) is 4.55 Å². The molecule has 5 heteroatoms. The van der Waals surface area contributed by atoms with Crippen LogP contribution < -0.4 is 51.4 Å². The quantitative estimate of drug-likeness (QED) is 0.576. The average molecular weight is 254 g/mol. The normalized spacial score (nSPS) is 10.8. The topological polar surface area (TPSA) is 54.4 Å². The number of hydrogen-bond acceptors (Lipinski definition) is 2. The van der Waals surface area contributed by atoms with Gasteiger partial charge in [0.05, 0.1) is 4.90 Å². The Kier molecular flexibility index (Phi) is 7.53. The van der Waals surface area contributed by atoms with Crippen LogP contribution in [0.2, 0.25) is 0 Å². The third-order valence-corrected chi connectivity index (χ3v) is 3.00. The van der Waals surface area contributed by atoms with Crippen molar-refractivity contribution in [2.75, 3.05) is 0 Å². The molecule has 0 aliphatic heterocycles. The number of rotatable bonds is 4. The van der Waals surface area contributed by atoms with E-state index in [-0.39, 0.29) is 57.7 Å². The molecule has 0 saturated carbocycles. The molecular weight excluding hydrogens is 239 g/mol. The van der Waals surface area contributed by atoms with Gasteiger partial charge in [0.2, 0.25) is 0 Å². The van der Waals surface area contributed by atoms with Gasteiger partial charge in [0, 0.05) is 0 Å². The van der Waals surface area contributed by atoms with Crippen molar-refractivity contribution in [1.29, 1.82) is 0 Å². The molecule has 0 atom stereocenters. The molecule has 0 aliphatic carbocycles. The summed E-state index contributed by atoms with van der Waals surface area (Å²) >= 11 is 0. The first-order valence-electron chi connectivity index (χ1n) is 4.61. The molecule has 1 rings (SSSR count). The van der Waals surface area contributed by atoms with E-state index in [9.17, 15) is 8.42 Å². The molecule has 0 aromatic heterocycles. The van der Waals surface area contributed by atoms with Gasteiger partial charge in [-0.05, 0) is 24.5 Å². The minimum atomic E-state index is -4.06. The predicted molar refractivity (Wildman–Crippen MR) is 56.0 cm³/mol. The summed E-state index contributed by atoms with van der Waals surface area (Å²) in [5, 5.41) is 0. The second kappa shape index (κ2) is 7.16. The molecule has 0 unspecified atom stereocenters. The number of hydrogen-bond donors (Lipinski definition) is 1. The number of benzene rings is 1. The molecule has 15 heavy (non-hydrogen) atoms. The fraction of sp³-hybridized carbons (Fsp3) is 0.400. The Hall–Kier alpha value is 0.766. The van der Waals surface area contributed by atoms with Crippen molar-refractivity contribution in [3.05, 3.63) is 29.8 Å². The summed E-state index contributed by atoms with van der Waals surface area (Å²) in [6.45, 7) is 2.04. The fourth-order valence-corrected chi connectivity index (χ4v) is 2.08. The van der Waals surface area contributed by atoms with Crippen molar-refractivity contribution in [1.82, 2.24) is 0 Å². The molecule has 0 spiro atoms. The Labute approximate surface area is 135 Å². The molecule has 1 N–H and O–H groups in total. The largest absolute Gasteiger partial charge is 1.00 e. The van der Waals surface area contributed by atoms with Crippen LogP contribution in [0.5, 0.6) is 0 Å². The smallest absolute Gasteiger partial charge is 1.00 e. The monoisotopic (exact) mass is 254 g/mol. The molecule has 1 aromatic carbocycles. The zero-order valence-electron chi connectivity index (χ0n) is 10.1. The SMILES string of the molecule is CCCCc1ccccc1S(=O)(=O)O.[H-].[K+]. The third-order valence-electron chi connectivity index (χ3n) is 2.05. The van der Waals surface area contributed by atoms with Gasteiger partial charge in [-0.25, -0.2) is 0 Å². The van der Waals surface area contributed by atoms with E-state index < -0.39 is 10.1 Å². The summed E-state index contributed by atoms with van der Waals surface area (Å²) in [5.41, 5.74) is 0.692. The maximum absolute atomic E-state index is 11.0. The molecule has 0 heterocycles. The first-order chi connectivity index (χ1) is 6.55. The average Bonchev–Trinajstić information content (AvgIpc) is 2.14. The van der Waals surface area contributed by atoms with Crippen LogP contribution in [0.3, 0.4) is 0 Å². The number of unbranched alkanes of at least 4 members (excludes halogenated alkanes) is 1. The van der Waals surface area contributed by atoms with E-state index in [1.165, 1.54) is 6.07 Å². The Morgan fingerprint density at radius 3 is 2.47 bits per heavy atom. The minimum absolute atomic E-state index is 0. The molecule has 0 saturated heterocycles. The van der Waals surface area contributed by atoms with E-state index in [0.717, 1.165) is 12.8 Å². The van der Waals surface area contributed by atoms with Gasteiger partial charge in [-0.2, -0.15) is 8.42 Å². The molecule has 1 aromatic rings. The van der Waals surface area contributed by atoms with Crippen LogP contribution in [0.25, 0.3) is 0 Å². The van der Waals surface area contributed by atoms with E-state index in [4.69, 9.17) is 4.55 Å². The molecule has 0 bridgehead atoms. The first-order valence-corrected chi connectivity index (χ1v) is 6.05. The van der Waals surface area contributed by atoms with E-state index in [2.05, 4.69) is 0 Å². The van der Waals surface area contributed by atoms with Crippen LogP contribution >= 0.6 is 0 Å². The maximum atomic E-state index is 11.0. The van der Waals surface area contributed by atoms with Crippen LogP contribution in [0.4, 0.5) is 0 Å². The van der Waals surface area contributed by atoms with Crippen LogP contribution in [-0.4, -0.2) is 13.0 Å². The second-order valence-electron chi connectivity index (χ2n) is 3.19. The summed E-state index contributed by atoms with van der Waals surface area (Å²) < 4.78 is 30.9. The molecule has 0 radical (unpaired) electrons. The van der Waals surface area contributed by atoms with Crippen molar-refractivity contribution in [3.63, 3.8) is 0 Å². The van der Waals surface area contributed by atoms with Crippen molar-refractivity contribution < 1.29 is 65.8 Å². The standard InChI is InChI=1S/C10H14O3S.K.H/c1-2-3-6-9-7-4-5-8-10(9)14(11,12)13;;/h4-5,7-8H,2-3,6H2,1H3,(H,11,12,13);;/q;+1;-1. The van der Waals surface area contributed by atoms with Gasteiger partial charge < -0.3 is 1.43 Å². The van der Waals surface area contributed by atoms with Gasteiger partial charge in [-0.1, -0.05) is 31.5 Å². The Morgan fingerprint density at radius 2 is 1.93 bits per heavy atom. The van der Waals surface area contributed by atoms with Crippen LogP contribution in [0, 0.1) is 0 Å². The van der Waals surface area contributed by atoms with Gasteiger partial charge in [-0.15, -0.1) is 0 Å². The van der Waals surface area contributed by atoms with Gasteiger partial charge in [0.15, 0.2) is 0 Å². The van der Waals surface area contributed by atoms with Crippen LogP contribution in [0.15, 0.2) is 29.2 Å². The maximum Gasteiger partial charge on any atom is 1.00 e. The zero-order valence-corrected chi connectivity index (χ0v) is 13.0. The van der Waals surface area contributed by atoms with E-state index >= 15 is 0 Å². The number of aryl methyl sites for hydroxylation is 1. The Morgan fingerprint density at radius 1 is 1.33 bits per heavy atom. The molecule has 0 amide bonds. The van der Waals surface area contributed by atoms with Crippen molar-refractivity contribution >= 4 is 10.1 Å². The summed E-state index contributed by atoms with van der Waals surface area (Å²) in [7, 11) is -4.06. The Bertz CT molecular complexity index is 406. The molecule has 0 aliphatic rings. The van der Waals surface area contributed by atoms with Crippen LogP contribution in [-0.2, 0) is 16.5 Å². The predicted octanol–water partition coefficient (Wildman–Crippen LogP) is -0.608. The minimum Gasteiger partial charge on any atom is -1.00 e. The zero-order chi connectivity index (χ0) is 10.6. The molecule has 0 fully saturated rings. The van der Waals surface area contributed by atoms with Crippen molar-refractivity contribution in [2.45, 2.75) is 31.1 Å². The summed E-state index contributed by atoms with van der Waals surface area (Å²) in [5.74, 6) is 0. The molecule has 3 nitrogen and oxygen atoms in total. The summed E-state index contributed by atoms with van der Waals surface area (Å²) in [6.07, 6.45) is 2.61. The fourth-order valence-electron chi connectivity index (χ4n) is 1.33. The molecule has 80 valence electrons.